The van der Waals surface area contributed by atoms with E-state index in [1.165, 1.54) is 6.07 Å². The lowest BCUT2D eigenvalue weighted by atomic mass is 9.98. The first-order valence-electron chi connectivity index (χ1n) is 7.52. The van der Waals surface area contributed by atoms with Crippen molar-refractivity contribution in [2.75, 3.05) is 37.7 Å². The second kappa shape index (κ2) is 6.60. The molecule has 2 fully saturated rings. The molecule has 8 heteroatoms. The van der Waals surface area contributed by atoms with Crippen molar-refractivity contribution in [1.29, 1.82) is 0 Å². The van der Waals surface area contributed by atoms with Crippen LogP contribution in [0.15, 0.2) is 6.07 Å². The fraction of sp³-hybridized carbons (Fsp3) is 0.714. The molecule has 2 aliphatic rings. The summed E-state index contributed by atoms with van der Waals surface area (Å²) in [5.41, 5.74) is -0.266. The quantitative estimate of drug-likeness (QED) is 0.850. The van der Waals surface area contributed by atoms with E-state index in [4.69, 9.17) is 16.3 Å². The first kappa shape index (κ1) is 15.8. The normalized spacial score (nSPS) is 26.3. The summed E-state index contributed by atoms with van der Waals surface area (Å²) in [4.78, 5) is 4.37. The third-order valence-electron chi connectivity index (χ3n) is 4.41. The second-order valence-electron chi connectivity index (χ2n) is 5.60. The van der Waals surface area contributed by atoms with Gasteiger partial charge in [-0.15, -0.1) is 10.2 Å². The van der Waals surface area contributed by atoms with Crippen LogP contribution >= 0.6 is 11.6 Å². The minimum absolute atomic E-state index is 0.114. The van der Waals surface area contributed by atoms with Gasteiger partial charge in [-0.2, -0.15) is 0 Å². The molecule has 0 aliphatic carbocycles. The highest BCUT2D eigenvalue weighted by Crippen LogP contribution is 2.31. The molecule has 0 aromatic carbocycles. The minimum atomic E-state index is -2.66. The summed E-state index contributed by atoms with van der Waals surface area (Å²) in [6, 6.07) is 1.47. The second-order valence-corrected chi connectivity index (χ2v) is 5.96. The lowest BCUT2D eigenvalue weighted by Crippen LogP contribution is -2.60. The van der Waals surface area contributed by atoms with E-state index in [1.54, 1.807) is 0 Å². The monoisotopic (exact) mass is 332 g/mol. The van der Waals surface area contributed by atoms with E-state index in [0.717, 1.165) is 26.1 Å². The van der Waals surface area contributed by atoms with Gasteiger partial charge in [-0.05, 0) is 19.0 Å². The molecule has 2 saturated heterocycles. The van der Waals surface area contributed by atoms with Gasteiger partial charge >= 0.3 is 0 Å². The van der Waals surface area contributed by atoms with Gasteiger partial charge < -0.3 is 14.5 Å². The van der Waals surface area contributed by atoms with E-state index in [-0.39, 0.29) is 22.9 Å². The number of fused-ring (bicyclic) bond motifs is 1. The maximum absolute atomic E-state index is 13.0. The number of hydrogen-bond acceptors (Lipinski definition) is 5. The number of alkyl halides is 2. The number of ether oxygens (including phenoxy) is 1. The summed E-state index contributed by atoms with van der Waals surface area (Å²) >= 11 is 5.71. The highest BCUT2D eigenvalue weighted by molar-refractivity contribution is 6.30. The maximum atomic E-state index is 13.0. The van der Waals surface area contributed by atoms with E-state index in [0.29, 0.717) is 19.0 Å². The molecular weight excluding hydrogens is 314 g/mol. The molecular formula is C14H19ClF2N4O. The largest absolute Gasteiger partial charge is 0.374 e. The van der Waals surface area contributed by atoms with Crippen LogP contribution in [0, 0.1) is 0 Å². The summed E-state index contributed by atoms with van der Waals surface area (Å²) in [5.74, 6) is 0.455. The zero-order chi connectivity index (χ0) is 15.7. The Balaban J connectivity index is 1.87. The average Bonchev–Trinajstić information content (AvgIpc) is 2.54. The number of morpholine rings is 1. The van der Waals surface area contributed by atoms with Gasteiger partial charge in [0, 0.05) is 19.6 Å². The number of likely N-dealkylation sites (tertiary alicyclic amines) is 1. The van der Waals surface area contributed by atoms with Gasteiger partial charge in [0.15, 0.2) is 11.0 Å². The summed E-state index contributed by atoms with van der Waals surface area (Å²) in [7, 11) is 0. The third-order valence-corrected chi connectivity index (χ3v) is 4.70. The van der Waals surface area contributed by atoms with E-state index >= 15 is 0 Å². The molecule has 0 amide bonds. The van der Waals surface area contributed by atoms with Crippen LogP contribution in [0.4, 0.5) is 14.6 Å². The fourth-order valence-electron chi connectivity index (χ4n) is 3.18. The molecule has 3 heterocycles. The van der Waals surface area contributed by atoms with Crippen LogP contribution < -0.4 is 4.90 Å². The molecule has 0 N–H and O–H groups in total. The molecule has 3 rings (SSSR count). The first-order chi connectivity index (χ1) is 10.6. The average molecular weight is 333 g/mol. The Morgan fingerprint density at radius 1 is 1.41 bits per heavy atom. The van der Waals surface area contributed by atoms with Crippen molar-refractivity contribution in [2.24, 2.45) is 0 Å². The van der Waals surface area contributed by atoms with E-state index in [2.05, 4.69) is 22.0 Å². The lowest BCUT2D eigenvalue weighted by molar-refractivity contribution is -0.0282. The van der Waals surface area contributed by atoms with Gasteiger partial charge in [0.1, 0.15) is 0 Å². The van der Waals surface area contributed by atoms with Crippen LogP contribution in [-0.2, 0) is 4.74 Å². The Bertz CT molecular complexity index is 534. The van der Waals surface area contributed by atoms with Crippen LogP contribution in [0.5, 0.6) is 0 Å². The Morgan fingerprint density at radius 3 is 2.95 bits per heavy atom. The summed E-state index contributed by atoms with van der Waals surface area (Å²) < 4.78 is 31.9. The standard InChI is InChI=1S/C14H19ClF2N4O/c1-2-20-4-3-11-10(8-20)21(5-6-22-11)12-7-9(14(16)17)13(15)19-18-12/h7,10-11,14H,2-6,8H2,1H3/t10-,11+/m0/s1. The smallest absolute Gasteiger partial charge is 0.267 e. The number of halogens is 3. The maximum Gasteiger partial charge on any atom is 0.267 e. The topological polar surface area (TPSA) is 41.5 Å². The van der Waals surface area contributed by atoms with Crippen molar-refractivity contribution in [3.8, 4) is 0 Å². The molecule has 1 aromatic heterocycles. The summed E-state index contributed by atoms with van der Waals surface area (Å²) in [6.07, 6.45) is -1.60. The van der Waals surface area contributed by atoms with Crippen LogP contribution in [0.3, 0.4) is 0 Å². The number of anilines is 1. The summed E-state index contributed by atoms with van der Waals surface area (Å²) in [6.45, 7) is 6.12. The molecule has 0 radical (unpaired) electrons. The van der Waals surface area contributed by atoms with Gasteiger partial charge in [-0.25, -0.2) is 8.78 Å². The Morgan fingerprint density at radius 2 is 2.23 bits per heavy atom. The van der Waals surface area contributed by atoms with E-state index < -0.39 is 6.43 Å². The van der Waals surface area contributed by atoms with Crippen molar-refractivity contribution in [2.45, 2.75) is 31.9 Å². The van der Waals surface area contributed by atoms with Crippen molar-refractivity contribution < 1.29 is 13.5 Å². The van der Waals surface area contributed by atoms with E-state index in [9.17, 15) is 8.78 Å². The predicted octanol–water partition coefficient (Wildman–Crippen LogP) is 2.37. The highest BCUT2D eigenvalue weighted by atomic mass is 35.5. The van der Waals surface area contributed by atoms with Gasteiger partial charge in [0.05, 0.1) is 24.3 Å². The number of nitrogens with zero attached hydrogens (tertiary/aromatic N) is 4. The molecule has 122 valence electrons. The first-order valence-corrected chi connectivity index (χ1v) is 7.89. The fourth-order valence-corrected chi connectivity index (χ4v) is 3.36. The van der Waals surface area contributed by atoms with Crippen molar-refractivity contribution in [3.05, 3.63) is 16.8 Å². The van der Waals surface area contributed by atoms with Gasteiger partial charge in [0.25, 0.3) is 6.43 Å². The molecule has 0 bridgehead atoms. The van der Waals surface area contributed by atoms with Crippen molar-refractivity contribution in [1.82, 2.24) is 15.1 Å². The molecule has 5 nitrogen and oxygen atoms in total. The zero-order valence-electron chi connectivity index (χ0n) is 12.4. The number of piperidine rings is 1. The number of likely N-dealkylation sites (N-methyl/N-ethyl adjacent to an activating group) is 1. The van der Waals surface area contributed by atoms with Crippen molar-refractivity contribution in [3.63, 3.8) is 0 Å². The van der Waals surface area contributed by atoms with Gasteiger partial charge in [-0.3, -0.25) is 0 Å². The predicted molar refractivity (Wildman–Crippen MR) is 79.6 cm³/mol. The molecule has 0 spiro atoms. The number of hydrogen-bond donors (Lipinski definition) is 0. The molecule has 0 saturated carbocycles. The number of aromatic nitrogens is 2. The van der Waals surface area contributed by atoms with Crippen LogP contribution in [0.1, 0.15) is 25.3 Å². The molecule has 22 heavy (non-hydrogen) atoms. The van der Waals surface area contributed by atoms with E-state index in [1.807, 2.05) is 4.90 Å². The third kappa shape index (κ3) is 3.02. The minimum Gasteiger partial charge on any atom is -0.374 e. The zero-order valence-corrected chi connectivity index (χ0v) is 13.1. The lowest BCUT2D eigenvalue weighted by Gasteiger charge is -2.47. The van der Waals surface area contributed by atoms with Gasteiger partial charge in [-0.1, -0.05) is 18.5 Å². The molecule has 0 unspecified atom stereocenters. The Hall–Kier alpha value is -1.05. The Labute approximate surface area is 133 Å². The molecule has 2 aliphatic heterocycles. The summed E-state index contributed by atoms with van der Waals surface area (Å²) in [5, 5.41) is 7.48. The number of rotatable bonds is 3. The highest BCUT2D eigenvalue weighted by Gasteiger charge is 2.37. The van der Waals surface area contributed by atoms with Crippen molar-refractivity contribution >= 4 is 17.4 Å². The van der Waals surface area contributed by atoms with Gasteiger partial charge in [0.2, 0.25) is 0 Å². The van der Waals surface area contributed by atoms with Crippen LogP contribution in [0.2, 0.25) is 5.15 Å². The molecule has 2 atom stereocenters. The Kier molecular flexibility index (Phi) is 4.75. The van der Waals surface area contributed by atoms with Crippen LogP contribution in [0.25, 0.3) is 0 Å². The SMILES string of the molecule is CCN1CC[C@H]2OCCN(c3cc(C(F)F)c(Cl)nn3)[C@H]2C1. The molecule has 1 aromatic rings. The van der Waals surface area contributed by atoms with Crippen LogP contribution in [-0.4, -0.2) is 60.0 Å².